The molecule has 1 aromatic carbocycles. The maximum Gasteiger partial charge on any atom is 0.326 e. The van der Waals surface area contributed by atoms with Crippen LogP contribution in [0.4, 0.5) is 10.5 Å². The molecule has 8 nitrogen and oxygen atoms in total. The summed E-state index contributed by atoms with van der Waals surface area (Å²) in [6.45, 7) is 6.56. The molecule has 28 heavy (non-hydrogen) atoms. The molecule has 0 radical (unpaired) electrons. The van der Waals surface area contributed by atoms with E-state index in [9.17, 15) is 19.2 Å². The van der Waals surface area contributed by atoms with Crippen LogP contribution in [-0.4, -0.2) is 47.4 Å². The van der Waals surface area contributed by atoms with Crippen LogP contribution in [0.1, 0.15) is 52.0 Å². The Balaban J connectivity index is 1.82. The summed E-state index contributed by atoms with van der Waals surface area (Å²) in [7, 11) is 0. The van der Waals surface area contributed by atoms with Gasteiger partial charge in [0.05, 0.1) is 0 Å². The van der Waals surface area contributed by atoms with E-state index in [0.717, 1.165) is 11.3 Å². The molecule has 0 aliphatic carbocycles. The Morgan fingerprint density at radius 3 is 2.39 bits per heavy atom. The molecule has 0 spiro atoms. The van der Waals surface area contributed by atoms with E-state index in [1.54, 1.807) is 26.0 Å². The van der Waals surface area contributed by atoms with E-state index in [4.69, 9.17) is 4.74 Å². The lowest BCUT2D eigenvalue weighted by Crippen LogP contribution is -2.43. The number of imide groups is 1. The van der Waals surface area contributed by atoms with Gasteiger partial charge in [-0.2, -0.15) is 0 Å². The Hall–Kier alpha value is -2.90. The normalized spacial score (nSPS) is 19.9. The first-order chi connectivity index (χ1) is 13.2. The summed E-state index contributed by atoms with van der Waals surface area (Å²) in [5.74, 6) is -1.38. The van der Waals surface area contributed by atoms with Gasteiger partial charge in [-0.25, -0.2) is 4.79 Å². The summed E-state index contributed by atoms with van der Waals surface area (Å²) < 4.78 is 4.89. The minimum Gasteiger partial charge on any atom is -0.454 e. The molecule has 0 unspecified atom stereocenters. The minimum atomic E-state index is -1.02. The van der Waals surface area contributed by atoms with Crippen LogP contribution in [0.2, 0.25) is 0 Å². The number of carbonyl (C=O) groups excluding carboxylic acids is 4. The SMILES string of the molecule is CC[C@H](C)c1ccc(NC(=O)COC(=O)CN2C(=O)N[C@@](C)(CC)C2=O)cc1. The average Bonchev–Trinajstić information content (AvgIpc) is 2.90. The van der Waals surface area contributed by atoms with Crippen molar-refractivity contribution in [3.05, 3.63) is 29.8 Å². The van der Waals surface area contributed by atoms with Crippen LogP contribution < -0.4 is 10.6 Å². The van der Waals surface area contributed by atoms with E-state index in [1.165, 1.54) is 5.56 Å². The predicted molar refractivity (Wildman–Crippen MR) is 104 cm³/mol. The molecule has 2 rings (SSSR count). The lowest BCUT2D eigenvalue weighted by molar-refractivity contribution is -0.150. The lowest BCUT2D eigenvalue weighted by Gasteiger charge is -2.18. The molecule has 1 heterocycles. The summed E-state index contributed by atoms with van der Waals surface area (Å²) in [5, 5.41) is 5.19. The van der Waals surface area contributed by atoms with Crippen molar-refractivity contribution in [1.29, 1.82) is 0 Å². The van der Waals surface area contributed by atoms with Gasteiger partial charge in [0.15, 0.2) is 6.61 Å². The zero-order valence-corrected chi connectivity index (χ0v) is 16.7. The molecular formula is C20H27N3O5. The van der Waals surface area contributed by atoms with E-state index in [0.29, 0.717) is 18.0 Å². The van der Waals surface area contributed by atoms with Crippen molar-refractivity contribution in [2.24, 2.45) is 0 Å². The molecule has 1 aliphatic rings. The third kappa shape index (κ3) is 4.88. The van der Waals surface area contributed by atoms with Gasteiger partial charge in [-0.1, -0.05) is 32.9 Å². The second-order valence-corrected chi connectivity index (χ2v) is 7.15. The van der Waals surface area contributed by atoms with Gasteiger partial charge >= 0.3 is 12.0 Å². The summed E-state index contributed by atoms with van der Waals surface area (Å²) in [6, 6.07) is 6.83. The topological polar surface area (TPSA) is 105 Å². The fourth-order valence-corrected chi connectivity index (χ4v) is 2.78. The number of nitrogens with one attached hydrogen (secondary N) is 2. The number of carbonyl (C=O) groups is 4. The van der Waals surface area contributed by atoms with Crippen LogP contribution in [0, 0.1) is 0 Å². The number of rotatable bonds is 8. The average molecular weight is 389 g/mol. The molecule has 4 amide bonds. The van der Waals surface area contributed by atoms with Gasteiger partial charge in [-0.15, -0.1) is 0 Å². The summed E-state index contributed by atoms with van der Waals surface area (Å²) in [5.41, 5.74) is 0.761. The van der Waals surface area contributed by atoms with Gasteiger partial charge in [0.1, 0.15) is 12.1 Å². The Morgan fingerprint density at radius 1 is 1.21 bits per heavy atom. The Bertz CT molecular complexity index is 762. The van der Waals surface area contributed by atoms with Crippen LogP contribution in [0.3, 0.4) is 0 Å². The smallest absolute Gasteiger partial charge is 0.326 e. The van der Waals surface area contributed by atoms with Crippen LogP contribution >= 0.6 is 0 Å². The van der Waals surface area contributed by atoms with Gasteiger partial charge in [-0.3, -0.25) is 19.3 Å². The zero-order valence-electron chi connectivity index (χ0n) is 16.7. The minimum absolute atomic E-state index is 0.404. The standard InChI is InChI=1S/C20H27N3O5/c1-5-13(3)14-7-9-15(10-8-14)21-16(24)12-28-17(25)11-23-18(26)20(4,6-2)22-19(23)27/h7-10,13H,5-6,11-12H2,1-4H3,(H,21,24)(H,22,27)/t13-,20-/m0/s1. The highest BCUT2D eigenvalue weighted by Gasteiger charge is 2.47. The number of nitrogens with zero attached hydrogens (tertiary/aromatic N) is 1. The molecule has 1 saturated heterocycles. The maximum absolute atomic E-state index is 12.2. The first-order valence-corrected chi connectivity index (χ1v) is 9.39. The predicted octanol–water partition coefficient (Wildman–Crippen LogP) is 2.40. The fraction of sp³-hybridized carbons (Fsp3) is 0.500. The molecule has 8 heteroatoms. The second-order valence-electron chi connectivity index (χ2n) is 7.15. The van der Waals surface area contributed by atoms with Gasteiger partial charge in [0, 0.05) is 5.69 Å². The molecule has 152 valence electrons. The summed E-state index contributed by atoms with van der Waals surface area (Å²) in [6.07, 6.45) is 1.43. The van der Waals surface area contributed by atoms with E-state index in [1.807, 2.05) is 12.1 Å². The summed E-state index contributed by atoms with van der Waals surface area (Å²) >= 11 is 0. The van der Waals surface area contributed by atoms with Crippen molar-refractivity contribution >= 4 is 29.5 Å². The van der Waals surface area contributed by atoms with Crippen LogP contribution in [0.15, 0.2) is 24.3 Å². The maximum atomic E-state index is 12.2. The van der Waals surface area contributed by atoms with E-state index in [2.05, 4.69) is 24.5 Å². The number of hydrogen-bond donors (Lipinski definition) is 2. The van der Waals surface area contributed by atoms with Crippen LogP contribution in [0.5, 0.6) is 0 Å². The van der Waals surface area contributed by atoms with E-state index in [-0.39, 0.29) is 0 Å². The van der Waals surface area contributed by atoms with Gasteiger partial charge in [0.2, 0.25) is 0 Å². The van der Waals surface area contributed by atoms with Crippen LogP contribution in [-0.2, 0) is 19.1 Å². The third-order valence-corrected chi connectivity index (χ3v) is 5.08. The fourth-order valence-electron chi connectivity index (χ4n) is 2.78. The quantitative estimate of drug-likeness (QED) is 0.525. The molecule has 1 aromatic rings. The number of amides is 4. The monoisotopic (exact) mass is 389 g/mol. The van der Waals surface area contributed by atoms with Gasteiger partial charge in [-0.05, 0) is 43.4 Å². The molecule has 0 saturated carbocycles. The molecular weight excluding hydrogens is 362 g/mol. The van der Waals surface area contributed by atoms with Crippen molar-refractivity contribution in [3.63, 3.8) is 0 Å². The third-order valence-electron chi connectivity index (χ3n) is 5.08. The first kappa shape index (κ1) is 21.4. The van der Waals surface area contributed by atoms with Crippen molar-refractivity contribution in [2.45, 2.75) is 52.0 Å². The second kappa shape index (κ2) is 8.86. The van der Waals surface area contributed by atoms with Crippen molar-refractivity contribution in [2.75, 3.05) is 18.5 Å². The number of hydrogen-bond acceptors (Lipinski definition) is 5. The number of benzene rings is 1. The Morgan fingerprint density at radius 2 is 1.86 bits per heavy atom. The number of anilines is 1. The van der Waals surface area contributed by atoms with Gasteiger partial charge in [0.25, 0.3) is 11.8 Å². The summed E-state index contributed by atoms with van der Waals surface area (Å²) in [4.78, 5) is 48.8. The number of urea groups is 1. The molecule has 2 atom stereocenters. The van der Waals surface area contributed by atoms with Crippen molar-refractivity contribution in [3.8, 4) is 0 Å². The molecule has 1 aliphatic heterocycles. The van der Waals surface area contributed by atoms with Gasteiger partial charge < -0.3 is 15.4 Å². The van der Waals surface area contributed by atoms with E-state index >= 15 is 0 Å². The Labute approximate surface area is 164 Å². The number of esters is 1. The van der Waals surface area contributed by atoms with Crippen molar-refractivity contribution < 1.29 is 23.9 Å². The Kier molecular flexibility index (Phi) is 6.77. The lowest BCUT2D eigenvalue weighted by atomic mass is 9.99. The molecule has 2 N–H and O–H groups in total. The highest BCUT2D eigenvalue weighted by molar-refractivity contribution is 6.08. The van der Waals surface area contributed by atoms with E-state index < -0.39 is 42.5 Å². The van der Waals surface area contributed by atoms with Crippen LogP contribution in [0.25, 0.3) is 0 Å². The highest BCUT2D eigenvalue weighted by Crippen LogP contribution is 2.21. The molecule has 0 aromatic heterocycles. The molecule has 1 fully saturated rings. The largest absolute Gasteiger partial charge is 0.454 e. The highest BCUT2D eigenvalue weighted by atomic mass is 16.5. The number of ether oxygens (including phenoxy) is 1. The van der Waals surface area contributed by atoms with Crippen molar-refractivity contribution in [1.82, 2.24) is 10.2 Å². The first-order valence-electron chi connectivity index (χ1n) is 9.39. The molecule has 0 bridgehead atoms. The zero-order chi connectivity index (χ0) is 20.9.